The highest BCUT2D eigenvalue weighted by molar-refractivity contribution is 6.13. The van der Waals surface area contributed by atoms with Crippen LogP contribution in [0, 0.1) is 0 Å². The third-order valence-corrected chi connectivity index (χ3v) is 25.6. The molecule has 0 unspecified atom stereocenters. The normalized spacial score (nSPS) is 11.4. The molecule has 0 aliphatic carbocycles. The molecule has 0 spiro atoms. The van der Waals surface area contributed by atoms with Gasteiger partial charge in [0, 0.05) is 87.6 Å². The molecule has 26 rings (SSSR count). The van der Waals surface area contributed by atoms with Crippen molar-refractivity contribution in [2.75, 3.05) is 0 Å². The van der Waals surface area contributed by atoms with Gasteiger partial charge in [-0.15, -0.1) is 0 Å². The van der Waals surface area contributed by atoms with Gasteiger partial charge in [0.1, 0.15) is 44.7 Å². The highest BCUT2D eigenvalue weighted by Gasteiger charge is 2.20. The van der Waals surface area contributed by atoms with Crippen molar-refractivity contribution in [1.82, 2.24) is 24.9 Å². The maximum Gasteiger partial charge on any atom is 0.160 e. The molecule has 0 atom stereocenters. The molecule has 19 aromatic carbocycles. The molecule has 136 heavy (non-hydrogen) atoms. The second-order valence-corrected chi connectivity index (χ2v) is 34.0. The third-order valence-electron chi connectivity index (χ3n) is 25.6. The fourth-order valence-corrected chi connectivity index (χ4v) is 18.5. The van der Waals surface area contributed by atoms with Gasteiger partial charge in [-0.3, -0.25) is 0 Å². The molecular weight excluding hydrogens is 1660 g/mol. The summed E-state index contributed by atoms with van der Waals surface area (Å²) in [6.45, 7) is 0. The average Bonchev–Trinajstić information content (AvgIpc) is 1.58. The van der Waals surface area contributed by atoms with Crippen LogP contribution in [0.5, 0.6) is 0 Å². The van der Waals surface area contributed by atoms with Crippen LogP contribution in [0.1, 0.15) is 0 Å². The maximum absolute atomic E-state index is 6.17. The molecule has 0 amide bonds. The number of para-hydroxylation sites is 4. The molecule has 0 aliphatic rings. The number of hydrogen-bond acceptors (Lipinski definition) is 9. The van der Waals surface area contributed by atoms with Gasteiger partial charge in [-0.25, -0.2) is 24.9 Å². The van der Waals surface area contributed by atoms with Crippen LogP contribution in [0.15, 0.2) is 509 Å². The lowest BCUT2D eigenvalue weighted by Gasteiger charge is -2.12. The molecule has 0 saturated carbocycles. The van der Waals surface area contributed by atoms with Crippen molar-refractivity contribution in [3.8, 4) is 168 Å². The van der Waals surface area contributed by atoms with Crippen molar-refractivity contribution >= 4 is 87.8 Å². The zero-order valence-electron chi connectivity index (χ0n) is 73.6. The van der Waals surface area contributed by atoms with E-state index in [1.165, 1.54) is 27.8 Å². The topological polar surface area (TPSA) is 117 Å². The Morgan fingerprint density at radius 1 is 0.118 bits per heavy atom. The summed E-state index contributed by atoms with van der Waals surface area (Å²) in [4.78, 5) is 24.9. The van der Waals surface area contributed by atoms with E-state index in [9.17, 15) is 0 Å². The van der Waals surface area contributed by atoms with Gasteiger partial charge in [0.05, 0.1) is 34.2 Å². The fraction of sp³-hybridized carbons (Fsp3) is 0. The molecule has 9 heteroatoms. The average molecular weight is 1740 g/mol. The van der Waals surface area contributed by atoms with Crippen LogP contribution in [0.25, 0.3) is 256 Å². The van der Waals surface area contributed by atoms with Crippen LogP contribution in [0.2, 0.25) is 0 Å². The monoisotopic (exact) mass is 1740 g/mol. The van der Waals surface area contributed by atoms with E-state index in [-0.39, 0.29) is 0 Å². The molecule has 638 valence electrons. The van der Waals surface area contributed by atoms with Crippen molar-refractivity contribution in [3.05, 3.63) is 491 Å². The van der Waals surface area contributed by atoms with Gasteiger partial charge >= 0.3 is 0 Å². The van der Waals surface area contributed by atoms with Crippen molar-refractivity contribution < 1.29 is 17.7 Å². The molecule has 0 N–H and O–H groups in total. The van der Waals surface area contributed by atoms with Gasteiger partial charge < -0.3 is 17.7 Å². The lowest BCUT2D eigenvalue weighted by molar-refractivity contribution is 0.668. The van der Waals surface area contributed by atoms with Crippen molar-refractivity contribution in [1.29, 1.82) is 0 Å². The second kappa shape index (κ2) is 35.5. The lowest BCUT2D eigenvalue weighted by Crippen LogP contribution is -1.95. The second-order valence-electron chi connectivity index (χ2n) is 34.0. The minimum atomic E-state index is 0.719. The zero-order chi connectivity index (χ0) is 90.2. The standard InChI is InChI=1S/C47H29NO2.2C40H26N2O/c1-2-8-33(9-3-1)42-26-37(32-16-14-30(15-17-32)35-22-24-40-38-10-4-6-12-44(38)49-46(40)28-35)27-43(48-42)34-20-18-31(19-21-34)36-23-25-41-39-11-5-7-13-45(39)50-47(41)29-36;1-3-10-30(11-4-1)35-26-36(42-40(41-35)32-12-5-2-6-13-32)31-24-20-28(21-25-31)27-18-22-29(23-19-27)33-15-9-17-38-39(33)34-14-7-8-16-37(34)43-38;1-3-9-30(10-4-1)36-26-37(42-40(41-36)32-11-5-2-6-12-32)31-21-19-28(20-22-31)27-15-17-29(18-16-27)33-23-24-39-35(25-33)34-13-7-8-14-38(34)43-39/h1-29H;2*1-26H. The Kier molecular flexibility index (Phi) is 21.1. The number of furan rings is 4. The number of pyridine rings is 1. The summed E-state index contributed by atoms with van der Waals surface area (Å²) in [7, 11) is 0. The number of rotatable bonds is 15. The van der Waals surface area contributed by atoms with Gasteiger partial charge in [0.15, 0.2) is 11.6 Å². The SMILES string of the molecule is c1ccc(-c2cc(-c3ccc(-c4ccc(-c5ccc6oc7ccccc7c6c5)cc4)cc3)nc(-c3ccccc3)n2)cc1.c1ccc(-c2cc(-c3ccc(-c4ccc(-c5cccc6oc7ccccc7c56)cc4)cc3)nc(-c3ccccc3)n2)cc1.c1ccc(-c2cc(-c3ccc(-c4ccc5c(c4)oc4ccccc45)cc3)cc(-c3ccc(-c4ccc5c(c4)oc4ccccc45)cc3)n2)cc1. The van der Waals surface area contributed by atoms with Crippen LogP contribution >= 0.6 is 0 Å². The highest BCUT2D eigenvalue weighted by atomic mass is 16.3. The molecule has 26 aromatic rings. The summed E-state index contributed by atoms with van der Waals surface area (Å²) >= 11 is 0. The predicted molar refractivity (Wildman–Crippen MR) is 559 cm³/mol. The number of benzene rings is 19. The van der Waals surface area contributed by atoms with E-state index in [0.29, 0.717) is 0 Å². The Morgan fingerprint density at radius 2 is 0.360 bits per heavy atom. The molecule has 0 radical (unpaired) electrons. The molecule has 0 aliphatic heterocycles. The summed E-state index contributed by atoms with van der Waals surface area (Å²) in [6.07, 6.45) is 0. The van der Waals surface area contributed by atoms with E-state index in [1.54, 1.807) is 0 Å². The molecule has 9 nitrogen and oxygen atoms in total. The van der Waals surface area contributed by atoms with Crippen LogP contribution in [0.3, 0.4) is 0 Å². The van der Waals surface area contributed by atoms with E-state index in [1.807, 2.05) is 133 Å². The summed E-state index contributed by atoms with van der Waals surface area (Å²) in [6, 6.07) is 170. The number of aromatic nitrogens is 5. The van der Waals surface area contributed by atoms with Gasteiger partial charge in [-0.2, -0.15) is 0 Å². The first-order valence-electron chi connectivity index (χ1n) is 45.7. The van der Waals surface area contributed by atoms with Gasteiger partial charge in [-0.1, -0.05) is 400 Å². The van der Waals surface area contributed by atoms with Crippen LogP contribution in [-0.4, -0.2) is 24.9 Å². The molecule has 0 fully saturated rings. The number of hydrogen-bond donors (Lipinski definition) is 0. The molecule has 0 saturated heterocycles. The maximum atomic E-state index is 6.17. The number of nitrogens with zero attached hydrogens (tertiary/aromatic N) is 5. The Labute approximate surface area is 784 Å². The summed E-state index contributed by atoms with van der Waals surface area (Å²) < 4.78 is 24.5. The predicted octanol–water partition coefficient (Wildman–Crippen LogP) is 34.6. The first-order valence-corrected chi connectivity index (χ1v) is 45.7. The molecule has 0 bridgehead atoms. The number of fused-ring (bicyclic) bond motifs is 12. The van der Waals surface area contributed by atoms with E-state index >= 15 is 0 Å². The zero-order valence-corrected chi connectivity index (χ0v) is 73.6. The van der Waals surface area contributed by atoms with E-state index in [2.05, 4.69) is 358 Å². The summed E-state index contributed by atoms with van der Waals surface area (Å²) in [5.41, 5.74) is 37.3. The van der Waals surface area contributed by atoms with Gasteiger partial charge in [-0.05, 0) is 169 Å². The largest absolute Gasteiger partial charge is 0.456 e. The summed E-state index contributed by atoms with van der Waals surface area (Å²) in [5.74, 6) is 1.44. The van der Waals surface area contributed by atoms with E-state index in [4.69, 9.17) is 42.6 Å². The minimum absolute atomic E-state index is 0.719. The smallest absolute Gasteiger partial charge is 0.160 e. The van der Waals surface area contributed by atoms with E-state index < -0.39 is 0 Å². The molecule has 7 aromatic heterocycles. The Balaban J connectivity index is 0.000000112. The minimum Gasteiger partial charge on any atom is -0.456 e. The summed E-state index contributed by atoms with van der Waals surface area (Å²) in [5, 5.41) is 9.15. The van der Waals surface area contributed by atoms with Gasteiger partial charge in [0.25, 0.3) is 0 Å². The van der Waals surface area contributed by atoms with Crippen LogP contribution < -0.4 is 0 Å². The highest BCUT2D eigenvalue weighted by Crippen LogP contribution is 2.43. The van der Waals surface area contributed by atoms with Crippen LogP contribution in [-0.2, 0) is 0 Å². The van der Waals surface area contributed by atoms with Gasteiger partial charge in [0.2, 0.25) is 0 Å². The first kappa shape index (κ1) is 81.0. The lowest BCUT2D eigenvalue weighted by atomic mass is 9.96. The third kappa shape index (κ3) is 16.2. The van der Waals surface area contributed by atoms with Crippen molar-refractivity contribution in [3.63, 3.8) is 0 Å². The van der Waals surface area contributed by atoms with Crippen LogP contribution in [0.4, 0.5) is 0 Å². The van der Waals surface area contributed by atoms with Crippen molar-refractivity contribution in [2.45, 2.75) is 0 Å². The quantitative estimate of drug-likeness (QED) is 0.0989. The Bertz CT molecular complexity index is 8600. The first-order chi connectivity index (χ1) is 67.3. The molecular formula is C127H81N5O4. The van der Waals surface area contributed by atoms with Crippen molar-refractivity contribution in [2.24, 2.45) is 0 Å². The fourth-order valence-electron chi connectivity index (χ4n) is 18.5. The molecule has 7 heterocycles. The Hall–Kier alpha value is -18.3. The van der Waals surface area contributed by atoms with E-state index in [0.717, 1.165) is 228 Å². The Morgan fingerprint density at radius 3 is 0.750 bits per heavy atom.